The molecule has 0 radical (unpaired) electrons. The molecule has 26 heavy (non-hydrogen) atoms. The topological polar surface area (TPSA) is 0 Å². The minimum Gasteiger partial charge on any atom is -0.0733 e. The van der Waals surface area contributed by atoms with Crippen LogP contribution in [0.25, 0.3) is 0 Å². The van der Waals surface area contributed by atoms with Crippen LogP contribution in [0.2, 0.25) is 11.1 Å². The van der Waals surface area contributed by atoms with E-state index in [1.54, 1.807) is 15.9 Å². The third-order valence-corrected chi connectivity index (χ3v) is 12.8. The zero-order valence-corrected chi connectivity index (χ0v) is 18.4. The number of hydrogen-bond donors (Lipinski definition) is 0. The molecular formula is C25H32Si. The molecule has 0 heterocycles. The highest BCUT2D eigenvalue weighted by atomic mass is 28.3. The van der Waals surface area contributed by atoms with Gasteiger partial charge in [0.15, 0.2) is 0 Å². The standard InChI is InChI=1S/C25H32Si/c1-8-26(23-12-10-9-11-13-23,24-15-18(2)14-19(3)16-24)25(7)17-20(4)21(5)22(25)6/h9-17H,8H2,1-7H3. The van der Waals surface area contributed by atoms with Crippen molar-refractivity contribution in [1.29, 1.82) is 0 Å². The summed E-state index contributed by atoms with van der Waals surface area (Å²) in [4.78, 5) is 0. The van der Waals surface area contributed by atoms with Gasteiger partial charge in [-0.3, -0.25) is 0 Å². The largest absolute Gasteiger partial charge is 0.131 e. The van der Waals surface area contributed by atoms with Gasteiger partial charge < -0.3 is 0 Å². The van der Waals surface area contributed by atoms with Gasteiger partial charge in [0.25, 0.3) is 0 Å². The molecule has 0 N–H and O–H groups in total. The Kier molecular flexibility index (Phi) is 4.87. The second-order valence-corrected chi connectivity index (χ2v) is 13.0. The molecule has 2 unspecified atom stereocenters. The van der Waals surface area contributed by atoms with Gasteiger partial charge in [-0.25, -0.2) is 0 Å². The van der Waals surface area contributed by atoms with E-state index in [0.29, 0.717) is 0 Å². The van der Waals surface area contributed by atoms with Gasteiger partial charge in [-0.05, 0) is 40.2 Å². The normalized spacial score (nSPS) is 22.3. The van der Waals surface area contributed by atoms with Gasteiger partial charge >= 0.3 is 0 Å². The molecule has 0 bridgehead atoms. The number of aryl methyl sites for hydroxylation is 2. The molecular weight excluding hydrogens is 328 g/mol. The number of rotatable bonds is 4. The predicted octanol–water partition coefficient (Wildman–Crippen LogP) is 5.94. The van der Waals surface area contributed by atoms with Crippen LogP contribution in [-0.4, -0.2) is 8.07 Å². The van der Waals surface area contributed by atoms with E-state index in [9.17, 15) is 0 Å². The van der Waals surface area contributed by atoms with E-state index in [1.165, 1.54) is 28.3 Å². The summed E-state index contributed by atoms with van der Waals surface area (Å²) in [6, 6.07) is 19.8. The van der Waals surface area contributed by atoms with Gasteiger partial charge in [-0.15, -0.1) is 0 Å². The van der Waals surface area contributed by atoms with Gasteiger partial charge in [0.2, 0.25) is 0 Å². The van der Waals surface area contributed by atoms with E-state index >= 15 is 0 Å². The Morgan fingerprint density at radius 1 is 0.808 bits per heavy atom. The van der Waals surface area contributed by atoms with Crippen molar-refractivity contribution in [3.05, 3.63) is 82.5 Å². The molecule has 1 aliphatic carbocycles. The highest BCUT2D eigenvalue weighted by molar-refractivity contribution is 7.05. The minimum atomic E-state index is -2.06. The third-order valence-electron chi connectivity index (χ3n) is 6.84. The first kappa shape index (κ1) is 18.9. The van der Waals surface area contributed by atoms with E-state index in [-0.39, 0.29) is 5.04 Å². The summed E-state index contributed by atoms with van der Waals surface area (Å²) in [5.74, 6) is 0. The molecule has 2 atom stereocenters. The lowest BCUT2D eigenvalue weighted by Crippen LogP contribution is -2.65. The maximum Gasteiger partial charge on any atom is 0.131 e. The van der Waals surface area contributed by atoms with E-state index in [0.717, 1.165) is 0 Å². The fourth-order valence-electron chi connectivity index (χ4n) is 5.26. The van der Waals surface area contributed by atoms with Crippen molar-refractivity contribution >= 4 is 18.4 Å². The molecule has 0 fully saturated rings. The van der Waals surface area contributed by atoms with E-state index < -0.39 is 8.07 Å². The molecule has 3 rings (SSSR count). The molecule has 0 spiro atoms. The molecule has 0 amide bonds. The Hall–Kier alpha value is -1.86. The summed E-state index contributed by atoms with van der Waals surface area (Å²) in [5.41, 5.74) is 7.25. The van der Waals surface area contributed by atoms with Crippen LogP contribution < -0.4 is 10.4 Å². The average Bonchev–Trinajstić information content (AvgIpc) is 2.80. The first-order valence-electron chi connectivity index (χ1n) is 9.78. The van der Waals surface area contributed by atoms with Gasteiger partial charge in [-0.1, -0.05) is 107 Å². The SMILES string of the molecule is CC[Si](c1ccccc1)(c1cc(C)cc(C)c1)C1(C)C=C(C)C(C)=C1C. The molecule has 0 aliphatic heterocycles. The highest BCUT2D eigenvalue weighted by Gasteiger charge is 2.53. The summed E-state index contributed by atoms with van der Waals surface area (Å²) in [6.07, 6.45) is 2.58. The van der Waals surface area contributed by atoms with Gasteiger partial charge in [0.1, 0.15) is 8.07 Å². The van der Waals surface area contributed by atoms with Gasteiger partial charge in [0.05, 0.1) is 0 Å². The maximum atomic E-state index is 2.58. The lowest BCUT2D eigenvalue weighted by Gasteiger charge is -2.46. The van der Waals surface area contributed by atoms with Gasteiger partial charge in [0, 0.05) is 5.04 Å². The Balaban J connectivity index is 2.41. The summed E-state index contributed by atoms with van der Waals surface area (Å²) >= 11 is 0. The molecule has 0 saturated heterocycles. The molecule has 1 aliphatic rings. The zero-order chi connectivity index (χ0) is 19.1. The zero-order valence-electron chi connectivity index (χ0n) is 17.4. The Bertz CT molecular complexity index is 867. The smallest absolute Gasteiger partial charge is 0.0733 e. The Morgan fingerprint density at radius 3 is 1.85 bits per heavy atom. The summed E-state index contributed by atoms with van der Waals surface area (Å²) in [6.45, 7) is 16.3. The molecule has 0 aromatic heterocycles. The van der Waals surface area contributed by atoms with Crippen molar-refractivity contribution in [2.24, 2.45) is 0 Å². The van der Waals surface area contributed by atoms with E-state index in [1.807, 2.05) is 0 Å². The van der Waals surface area contributed by atoms with Crippen molar-refractivity contribution in [2.75, 3.05) is 0 Å². The van der Waals surface area contributed by atoms with Crippen molar-refractivity contribution in [3.63, 3.8) is 0 Å². The number of hydrogen-bond acceptors (Lipinski definition) is 0. The van der Waals surface area contributed by atoms with Crippen LogP contribution in [0.5, 0.6) is 0 Å². The van der Waals surface area contributed by atoms with Crippen LogP contribution in [-0.2, 0) is 0 Å². The Labute approximate surface area is 160 Å². The second kappa shape index (κ2) is 6.70. The molecule has 1 heteroatoms. The van der Waals surface area contributed by atoms with E-state index in [2.05, 4.69) is 103 Å². The number of benzene rings is 2. The van der Waals surface area contributed by atoms with Crippen molar-refractivity contribution in [1.82, 2.24) is 0 Å². The monoisotopic (exact) mass is 360 g/mol. The summed E-state index contributed by atoms with van der Waals surface area (Å²) in [5, 5.41) is 3.23. The van der Waals surface area contributed by atoms with Crippen LogP contribution in [0.4, 0.5) is 0 Å². The third kappa shape index (κ3) is 2.65. The van der Waals surface area contributed by atoms with Crippen molar-refractivity contribution < 1.29 is 0 Å². The van der Waals surface area contributed by atoms with E-state index in [4.69, 9.17) is 0 Å². The predicted molar refractivity (Wildman–Crippen MR) is 118 cm³/mol. The van der Waals surface area contributed by atoms with Crippen LogP contribution in [0, 0.1) is 13.8 Å². The fraction of sp³-hybridized carbons (Fsp3) is 0.360. The highest BCUT2D eigenvalue weighted by Crippen LogP contribution is 2.54. The lowest BCUT2D eigenvalue weighted by atomic mass is 10.0. The summed E-state index contributed by atoms with van der Waals surface area (Å²) in [7, 11) is -2.06. The van der Waals surface area contributed by atoms with Gasteiger partial charge in [-0.2, -0.15) is 0 Å². The molecule has 2 aromatic rings. The van der Waals surface area contributed by atoms with Crippen LogP contribution >= 0.6 is 0 Å². The first-order valence-corrected chi connectivity index (χ1v) is 12.0. The van der Waals surface area contributed by atoms with Crippen molar-refractivity contribution in [3.8, 4) is 0 Å². The first-order chi connectivity index (χ1) is 12.3. The average molecular weight is 361 g/mol. The molecule has 0 saturated carbocycles. The maximum absolute atomic E-state index is 2.58. The molecule has 0 nitrogen and oxygen atoms in total. The molecule has 2 aromatic carbocycles. The van der Waals surface area contributed by atoms with Crippen LogP contribution in [0.1, 0.15) is 45.7 Å². The minimum absolute atomic E-state index is 0.109. The lowest BCUT2D eigenvalue weighted by molar-refractivity contribution is 0.854. The molecule has 136 valence electrons. The second-order valence-electron chi connectivity index (χ2n) is 8.28. The van der Waals surface area contributed by atoms with Crippen LogP contribution in [0.15, 0.2) is 71.3 Å². The quantitative estimate of drug-likeness (QED) is 0.592. The fourth-order valence-corrected chi connectivity index (χ4v) is 11.3. The Morgan fingerprint density at radius 2 is 1.38 bits per heavy atom. The van der Waals surface area contributed by atoms with Crippen molar-refractivity contribution in [2.45, 2.75) is 59.5 Å². The number of allylic oxidation sites excluding steroid dienone is 4. The van der Waals surface area contributed by atoms with Crippen LogP contribution in [0.3, 0.4) is 0 Å². The summed E-state index contributed by atoms with van der Waals surface area (Å²) < 4.78 is 0.